The highest BCUT2D eigenvalue weighted by Crippen LogP contribution is 2.38. The Morgan fingerprint density at radius 3 is 3.06 bits per heavy atom. The van der Waals surface area contributed by atoms with Crippen LogP contribution >= 0.6 is 0 Å². The van der Waals surface area contributed by atoms with Gasteiger partial charge in [0.1, 0.15) is 0 Å². The predicted molar refractivity (Wildman–Crippen MR) is 62.9 cm³/mol. The number of aliphatic hydroxyl groups is 1. The summed E-state index contributed by atoms with van der Waals surface area (Å²) in [5, 5.41) is 10.4. The van der Waals surface area contributed by atoms with Crippen LogP contribution < -0.4 is 5.73 Å². The van der Waals surface area contributed by atoms with E-state index in [4.69, 9.17) is 5.73 Å². The molecule has 2 heterocycles. The molecule has 0 amide bonds. The lowest BCUT2D eigenvalue weighted by atomic mass is 9.88. The largest absolute Gasteiger partial charge is 0.387 e. The highest BCUT2D eigenvalue weighted by atomic mass is 16.3. The monoisotopic (exact) mass is 218 g/mol. The molecule has 16 heavy (non-hydrogen) atoms. The first-order chi connectivity index (χ1) is 7.66. The highest BCUT2D eigenvalue weighted by Gasteiger charge is 2.40. The summed E-state index contributed by atoms with van der Waals surface area (Å²) < 4.78 is 0. The Kier molecular flexibility index (Phi) is 2.28. The minimum Gasteiger partial charge on any atom is -0.387 e. The molecule has 0 saturated carbocycles. The van der Waals surface area contributed by atoms with Gasteiger partial charge in [-0.1, -0.05) is 18.2 Å². The van der Waals surface area contributed by atoms with Crippen LogP contribution in [0, 0.1) is 6.92 Å². The molecule has 1 aromatic carbocycles. The third-order valence-electron chi connectivity index (χ3n) is 3.93. The molecular formula is C13H18N2O. The van der Waals surface area contributed by atoms with E-state index in [-0.39, 0.29) is 18.2 Å². The van der Waals surface area contributed by atoms with E-state index in [0.29, 0.717) is 0 Å². The standard InChI is InChI=1S/C13H18N2O/c1-8-3-2-4-9-6-15-7-10(14)5-11(15)13(16)12(8)9/h2-4,10-11,13,16H,5-7,14H2,1H3. The van der Waals surface area contributed by atoms with E-state index in [0.717, 1.165) is 25.1 Å². The molecule has 3 heteroatoms. The van der Waals surface area contributed by atoms with Crippen molar-refractivity contribution in [3.8, 4) is 0 Å². The zero-order chi connectivity index (χ0) is 11.3. The average molecular weight is 218 g/mol. The van der Waals surface area contributed by atoms with Crippen LogP contribution in [0.1, 0.15) is 29.2 Å². The van der Waals surface area contributed by atoms with Gasteiger partial charge >= 0.3 is 0 Å². The second-order valence-electron chi connectivity index (χ2n) is 5.09. The first-order valence-electron chi connectivity index (χ1n) is 5.93. The van der Waals surface area contributed by atoms with E-state index in [1.807, 2.05) is 0 Å². The Morgan fingerprint density at radius 1 is 1.44 bits per heavy atom. The van der Waals surface area contributed by atoms with Crippen molar-refractivity contribution in [3.05, 3.63) is 34.9 Å². The molecule has 3 unspecified atom stereocenters. The molecule has 0 spiro atoms. The zero-order valence-corrected chi connectivity index (χ0v) is 9.56. The zero-order valence-electron chi connectivity index (χ0n) is 9.56. The number of aliphatic hydroxyl groups excluding tert-OH is 1. The molecule has 2 aliphatic heterocycles. The molecule has 1 fully saturated rings. The van der Waals surface area contributed by atoms with Crippen molar-refractivity contribution in [2.45, 2.75) is 38.1 Å². The minimum atomic E-state index is -0.363. The van der Waals surface area contributed by atoms with Gasteiger partial charge in [-0.2, -0.15) is 0 Å². The third-order valence-corrected chi connectivity index (χ3v) is 3.93. The smallest absolute Gasteiger partial charge is 0.0951 e. The predicted octanol–water partition coefficient (Wildman–Crippen LogP) is 0.944. The number of benzene rings is 1. The van der Waals surface area contributed by atoms with Crippen molar-refractivity contribution >= 4 is 0 Å². The first kappa shape index (κ1) is 10.3. The lowest BCUT2D eigenvalue weighted by Gasteiger charge is -2.36. The fourth-order valence-electron chi connectivity index (χ4n) is 3.19. The molecule has 0 aromatic heterocycles. The molecular weight excluding hydrogens is 200 g/mol. The van der Waals surface area contributed by atoms with E-state index in [1.54, 1.807) is 0 Å². The van der Waals surface area contributed by atoms with E-state index in [2.05, 4.69) is 30.0 Å². The van der Waals surface area contributed by atoms with Crippen LogP contribution in [0.2, 0.25) is 0 Å². The van der Waals surface area contributed by atoms with Gasteiger partial charge in [0.05, 0.1) is 6.10 Å². The number of hydrogen-bond donors (Lipinski definition) is 2. The number of rotatable bonds is 0. The van der Waals surface area contributed by atoms with Crippen LogP contribution in [0.25, 0.3) is 0 Å². The molecule has 3 atom stereocenters. The fourth-order valence-corrected chi connectivity index (χ4v) is 3.19. The van der Waals surface area contributed by atoms with Gasteiger partial charge in [-0.15, -0.1) is 0 Å². The third kappa shape index (κ3) is 1.39. The Morgan fingerprint density at radius 2 is 2.25 bits per heavy atom. The Hall–Kier alpha value is -0.900. The van der Waals surface area contributed by atoms with Crippen LogP contribution in [0.4, 0.5) is 0 Å². The van der Waals surface area contributed by atoms with Gasteiger partial charge in [0.2, 0.25) is 0 Å². The second kappa shape index (κ2) is 3.55. The molecule has 3 N–H and O–H groups in total. The van der Waals surface area contributed by atoms with Crippen molar-refractivity contribution in [3.63, 3.8) is 0 Å². The quantitative estimate of drug-likeness (QED) is 0.681. The molecule has 3 nitrogen and oxygen atoms in total. The summed E-state index contributed by atoms with van der Waals surface area (Å²) >= 11 is 0. The Bertz CT molecular complexity index is 418. The molecule has 2 aliphatic rings. The molecule has 1 saturated heterocycles. The highest BCUT2D eigenvalue weighted by molar-refractivity contribution is 5.39. The average Bonchev–Trinajstić information content (AvgIpc) is 2.59. The van der Waals surface area contributed by atoms with Gasteiger partial charge in [-0.05, 0) is 30.0 Å². The molecule has 0 aliphatic carbocycles. The van der Waals surface area contributed by atoms with Crippen molar-refractivity contribution in [1.82, 2.24) is 4.90 Å². The summed E-state index contributed by atoms with van der Waals surface area (Å²) in [5.74, 6) is 0. The number of hydrogen-bond acceptors (Lipinski definition) is 3. The second-order valence-corrected chi connectivity index (χ2v) is 5.09. The van der Waals surface area contributed by atoms with Gasteiger partial charge in [-0.25, -0.2) is 0 Å². The maximum atomic E-state index is 10.4. The van der Waals surface area contributed by atoms with Crippen LogP contribution in [0.15, 0.2) is 18.2 Å². The summed E-state index contributed by atoms with van der Waals surface area (Å²) in [6.07, 6.45) is 0.549. The van der Waals surface area contributed by atoms with Crippen molar-refractivity contribution < 1.29 is 5.11 Å². The molecule has 1 aromatic rings. The van der Waals surface area contributed by atoms with Crippen LogP contribution in [0.3, 0.4) is 0 Å². The van der Waals surface area contributed by atoms with Gasteiger partial charge < -0.3 is 10.8 Å². The minimum absolute atomic E-state index is 0.217. The van der Waals surface area contributed by atoms with E-state index < -0.39 is 0 Å². The Labute approximate surface area is 95.9 Å². The van der Waals surface area contributed by atoms with E-state index in [1.165, 1.54) is 11.1 Å². The lowest BCUT2D eigenvalue weighted by molar-refractivity contribution is 0.0528. The molecule has 0 radical (unpaired) electrons. The molecule has 0 bridgehead atoms. The number of fused-ring (bicyclic) bond motifs is 2. The van der Waals surface area contributed by atoms with E-state index >= 15 is 0 Å². The number of aryl methyl sites for hydroxylation is 1. The van der Waals surface area contributed by atoms with Gasteiger partial charge in [-0.3, -0.25) is 4.90 Å². The maximum Gasteiger partial charge on any atom is 0.0951 e. The van der Waals surface area contributed by atoms with Crippen LogP contribution in [-0.2, 0) is 6.54 Å². The van der Waals surface area contributed by atoms with Crippen LogP contribution in [0.5, 0.6) is 0 Å². The van der Waals surface area contributed by atoms with Gasteiger partial charge in [0, 0.05) is 25.2 Å². The fraction of sp³-hybridized carbons (Fsp3) is 0.538. The first-order valence-corrected chi connectivity index (χ1v) is 5.93. The number of nitrogens with two attached hydrogens (primary N) is 1. The van der Waals surface area contributed by atoms with Crippen LogP contribution in [-0.4, -0.2) is 28.6 Å². The SMILES string of the molecule is Cc1cccc2c1C(O)C1CC(N)CN1C2. The summed E-state index contributed by atoms with van der Waals surface area (Å²) in [5.41, 5.74) is 9.57. The summed E-state index contributed by atoms with van der Waals surface area (Å²) in [4.78, 5) is 2.32. The normalized spacial score (nSPS) is 33.6. The van der Waals surface area contributed by atoms with Crippen molar-refractivity contribution in [2.24, 2.45) is 5.73 Å². The van der Waals surface area contributed by atoms with E-state index in [9.17, 15) is 5.11 Å². The number of nitrogens with zero attached hydrogens (tertiary/aromatic N) is 1. The molecule has 86 valence electrons. The van der Waals surface area contributed by atoms with Crippen molar-refractivity contribution in [2.75, 3.05) is 6.54 Å². The van der Waals surface area contributed by atoms with Crippen molar-refractivity contribution in [1.29, 1.82) is 0 Å². The summed E-state index contributed by atoms with van der Waals surface area (Å²) in [7, 11) is 0. The molecule has 3 rings (SSSR count). The van der Waals surface area contributed by atoms with Gasteiger partial charge in [0.15, 0.2) is 0 Å². The van der Waals surface area contributed by atoms with Gasteiger partial charge in [0.25, 0.3) is 0 Å². The Balaban J connectivity index is 2.04. The summed E-state index contributed by atoms with van der Waals surface area (Å²) in [6, 6.07) is 6.70. The summed E-state index contributed by atoms with van der Waals surface area (Å²) in [6.45, 7) is 3.92. The maximum absolute atomic E-state index is 10.4. The topological polar surface area (TPSA) is 49.5 Å². The lowest BCUT2D eigenvalue weighted by Crippen LogP contribution is -2.39.